The highest BCUT2D eigenvalue weighted by molar-refractivity contribution is 5.99. The normalized spacial score (nSPS) is 13.5. The monoisotopic (exact) mass is 593 g/mol. The third kappa shape index (κ3) is 4.13. The van der Waals surface area contributed by atoms with Gasteiger partial charge in [0.2, 0.25) is 0 Å². The van der Waals surface area contributed by atoms with Crippen LogP contribution >= 0.6 is 0 Å². The minimum Gasteiger partial charge on any atom is -0.450 e. The van der Waals surface area contributed by atoms with Gasteiger partial charge in [-0.15, -0.1) is 0 Å². The molecule has 0 saturated carbocycles. The SMILES string of the molecule is CC1(C)c2ccccc2-c2ccc(N(c3ccc(-c4ccc5c(c4)Oc4ccccc4O5)cc3)c3cccc4ccccc34)cc21. The molecule has 7 aromatic rings. The van der Waals surface area contributed by atoms with Crippen LogP contribution in [0.2, 0.25) is 0 Å². The topological polar surface area (TPSA) is 21.7 Å². The summed E-state index contributed by atoms with van der Waals surface area (Å²) in [5, 5.41) is 2.43. The van der Waals surface area contributed by atoms with Gasteiger partial charge >= 0.3 is 0 Å². The Hall–Kier alpha value is -5.80. The molecule has 0 unspecified atom stereocenters. The Morgan fingerprint density at radius 1 is 0.457 bits per heavy atom. The van der Waals surface area contributed by atoms with Crippen molar-refractivity contribution in [3.05, 3.63) is 163 Å². The van der Waals surface area contributed by atoms with Gasteiger partial charge in [-0.05, 0) is 93.4 Å². The molecule has 0 fully saturated rings. The summed E-state index contributed by atoms with van der Waals surface area (Å²) in [5.41, 5.74) is 10.9. The van der Waals surface area contributed by atoms with Crippen LogP contribution in [-0.4, -0.2) is 0 Å². The largest absolute Gasteiger partial charge is 0.450 e. The molecule has 1 aliphatic heterocycles. The van der Waals surface area contributed by atoms with Crippen molar-refractivity contribution in [2.45, 2.75) is 19.3 Å². The number of benzene rings is 7. The lowest BCUT2D eigenvalue weighted by Gasteiger charge is -2.29. The van der Waals surface area contributed by atoms with Gasteiger partial charge in [-0.2, -0.15) is 0 Å². The lowest BCUT2D eigenvalue weighted by molar-refractivity contribution is 0.360. The molecule has 9 rings (SSSR count). The second kappa shape index (κ2) is 10.1. The molecule has 0 bridgehead atoms. The molecule has 1 aliphatic carbocycles. The van der Waals surface area contributed by atoms with Crippen LogP contribution in [-0.2, 0) is 5.41 Å². The molecule has 220 valence electrons. The maximum Gasteiger partial charge on any atom is 0.170 e. The van der Waals surface area contributed by atoms with E-state index < -0.39 is 0 Å². The van der Waals surface area contributed by atoms with E-state index in [1.165, 1.54) is 33.0 Å². The summed E-state index contributed by atoms with van der Waals surface area (Å²) in [6, 6.07) is 53.7. The summed E-state index contributed by atoms with van der Waals surface area (Å²) in [6.07, 6.45) is 0. The first-order valence-electron chi connectivity index (χ1n) is 15.8. The van der Waals surface area contributed by atoms with E-state index in [9.17, 15) is 0 Å². The van der Waals surface area contributed by atoms with Crippen molar-refractivity contribution in [1.82, 2.24) is 0 Å². The van der Waals surface area contributed by atoms with Crippen molar-refractivity contribution in [3.8, 4) is 45.3 Å². The fourth-order valence-corrected chi connectivity index (χ4v) is 7.17. The van der Waals surface area contributed by atoms with Gasteiger partial charge in [-0.3, -0.25) is 0 Å². The fourth-order valence-electron chi connectivity index (χ4n) is 7.17. The van der Waals surface area contributed by atoms with Crippen molar-refractivity contribution in [3.63, 3.8) is 0 Å². The van der Waals surface area contributed by atoms with Gasteiger partial charge in [0.25, 0.3) is 0 Å². The van der Waals surface area contributed by atoms with E-state index in [0.717, 1.165) is 51.2 Å². The van der Waals surface area contributed by atoms with E-state index in [1.54, 1.807) is 0 Å². The Balaban J connectivity index is 1.14. The number of rotatable bonds is 4. The van der Waals surface area contributed by atoms with Crippen molar-refractivity contribution in [2.24, 2.45) is 0 Å². The lowest BCUT2D eigenvalue weighted by Crippen LogP contribution is -2.16. The van der Waals surface area contributed by atoms with Crippen LogP contribution in [0, 0.1) is 0 Å². The highest BCUT2D eigenvalue weighted by Crippen LogP contribution is 2.51. The van der Waals surface area contributed by atoms with E-state index in [-0.39, 0.29) is 5.41 Å². The molecule has 3 heteroatoms. The second-order valence-corrected chi connectivity index (χ2v) is 12.6. The van der Waals surface area contributed by atoms with Crippen molar-refractivity contribution >= 4 is 27.8 Å². The minimum absolute atomic E-state index is 0.0883. The smallest absolute Gasteiger partial charge is 0.170 e. The third-order valence-electron chi connectivity index (χ3n) is 9.52. The molecule has 3 nitrogen and oxygen atoms in total. The molecule has 46 heavy (non-hydrogen) atoms. The average Bonchev–Trinajstić information content (AvgIpc) is 3.33. The Bertz CT molecular complexity index is 2300. The average molecular weight is 594 g/mol. The highest BCUT2D eigenvalue weighted by Gasteiger charge is 2.35. The number of hydrogen-bond acceptors (Lipinski definition) is 3. The van der Waals surface area contributed by atoms with E-state index in [1.807, 2.05) is 30.3 Å². The summed E-state index contributed by atoms with van der Waals surface area (Å²) in [6.45, 7) is 4.68. The van der Waals surface area contributed by atoms with Gasteiger partial charge in [0.15, 0.2) is 23.0 Å². The van der Waals surface area contributed by atoms with Crippen LogP contribution in [0.3, 0.4) is 0 Å². The van der Waals surface area contributed by atoms with Gasteiger partial charge in [0, 0.05) is 22.2 Å². The third-order valence-corrected chi connectivity index (χ3v) is 9.52. The van der Waals surface area contributed by atoms with E-state index in [2.05, 4.69) is 140 Å². The molecule has 0 aromatic heterocycles. The van der Waals surface area contributed by atoms with Crippen LogP contribution in [0.4, 0.5) is 17.1 Å². The number of ether oxygens (including phenoxy) is 2. The van der Waals surface area contributed by atoms with Crippen LogP contribution < -0.4 is 14.4 Å². The second-order valence-electron chi connectivity index (χ2n) is 12.6. The fraction of sp³-hybridized carbons (Fsp3) is 0.0698. The number of anilines is 3. The van der Waals surface area contributed by atoms with Crippen LogP contribution in [0.1, 0.15) is 25.0 Å². The lowest BCUT2D eigenvalue weighted by atomic mass is 9.82. The molecular weight excluding hydrogens is 562 g/mol. The quantitative estimate of drug-likeness (QED) is 0.203. The van der Waals surface area contributed by atoms with E-state index >= 15 is 0 Å². The summed E-state index contributed by atoms with van der Waals surface area (Å²) in [5.74, 6) is 2.91. The molecule has 0 atom stereocenters. The molecule has 0 radical (unpaired) electrons. The molecular formula is C43H31NO2. The van der Waals surface area contributed by atoms with E-state index in [4.69, 9.17) is 9.47 Å². The number of para-hydroxylation sites is 2. The zero-order valence-electron chi connectivity index (χ0n) is 25.7. The van der Waals surface area contributed by atoms with Crippen LogP contribution in [0.25, 0.3) is 33.0 Å². The van der Waals surface area contributed by atoms with Crippen LogP contribution in [0.15, 0.2) is 152 Å². The number of fused-ring (bicyclic) bond motifs is 6. The molecule has 7 aromatic carbocycles. The standard InChI is InChI=1S/C43H31NO2/c1-43(2)36-14-6-5-13-34(36)35-24-23-32(27-37(35)43)44(38-15-9-11-29-10-3-4-12-33(29)38)31-21-18-28(19-22-31)30-20-25-41-42(26-30)46-40-17-8-7-16-39(40)45-41/h3-27H,1-2H3. The van der Waals surface area contributed by atoms with Crippen molar-refractivity contribution in [1.29, 1.82) is 0 Å². The van der Waals surface area contributed by atoms with E-state index in [0.29, 0.717) is 0 Å². The summed E-state index contributed by atoms with van der Waals surface area (Å²) in [7, 11) is 0. The van der Waals surface area contributed by atoms with Gasteiger partial charge in [0.05, 0.1) is 5.69 Å². The number of nitrogens with zero attached hydrogens (tertiary/aromatic N) is 1. The molecule has 0 N–H and O–H groups in total. The Kier molecular flexibility index (Phi) is 5.85. The molecule has 2 aliphatic rings. The maximum atomic E-state index is 6.20. The highest BCUT2D eigenvalue weighted by atomic mass is 16.6. The Labute approximate surface area is 268 Å². The Morgan fingerprint density at radius 3 is 1.93 bits per heavy atom. The molecule has 1 heterocycles. The van der Waals surface area contributed by atoms with Crippen molar-refractivity contribution in [2.75, 3.05) is 4.90 Å². The molecule has 0 spiro atoms. The summed E-state index contributed by atoms with van der Waals surface area (Å²) >= 11 is 0. The zero-order chi connectivity index (χ0) is 30.8. The van der Waals surface area contributed by atoms with Gasteiger partial charge in [-0.25, -0.2) is 0 Å². The molecule has 0 saturated heterocycles. The minimum atomic E-state index is -0.0883. The first kappa shape index (κ1) is 26.6. The predicted octanol–water partition coefficient (Wildman–Crippen LogP) is 12.2. The van der Waals surface area contributed by atoms with Gasteiger partial charge < -0.3 is 14.4 Å². The zero-order valence-corrected chi connectivity index (χ0v) is 25.7. The summed E-state index contributed by atoms with van der Waals surface area (Å²) < 4.78 is 12.3. The first-order valence-corrected chi connectivity index (χ1v) is 15.8. The van der Waals surface area contributed by atoms with Crippen LogP contribution in [0.5, 0.6) is 23.0 Å². The summed E-state index contributed by atoms with van der Waals surface area (Å²) in [4.78, 5) is 2.40. The Morgan fingerprint density at radius 2 is 1.09 bits per heavy atom. The van der Waals surface area contributed by atoms with Crippen molar-refractivity contribution < 1.29 is 9.47 Å². The maximum absolute atomic E-state index is 6.20. The number of hydrogen-bond donors (Lipinski definition) is 0. The van der Waals surface area contributed by atoms with Gasteiger partial charge in [-0.1, -0.05) is 111 Å². The molecule has 0 amide bonds. The predicted molar refractivity (Wildman–Crippen MR) is 188 cm³/mol. The van der Waals surface area contributed by atoms with Gasteiger partial charge in [0.1, 0.15) is 0 Å². The first-order chi connectivity index (χ1) is 22.5.